The number of hydrogen-bond donors (Lipinski definition) is 2. The minimum Gasteiger partial charge on any atom is -0.350 e. The van der Waals surface area contributed by atoms with Crippen molar-refractivity contribution in [1.82, 2.24) is 5.32 Å². The molecule has 1 atom stereocenters. The van der Waals surface area contributed by atoms with E-state index in [0.717, 1.165) is 22.4 Å². The largest absolute Gasteiger partial charge is 0.350 e. The molecule has 0 bridgehead atoms. The van der Waals surface area contributed by atoms with E-state index in [2.05, 4.69) is 10.6 Å². The number of nitrogens with one attached hydrogen (secondary N) is 2. The van der Waals surface area contributed by atoms with E-state index in [1.165, 1.54) is 6.92 Å². The molecule has 6 nitrogen and oxygen atoms in total. The summed E-state index contributed by atoms with van der Waals surface area (Å²) >= 11 is 0. The first-order chi connectivity index (χ1) is 12.2. The van der Waals surface area contributed by atoms with E-state index in [1.807, 2.05) is 32.9 Å². The Morgan fingerprint density at radius 2 is 1.59 bits per heavy atom. The summed E-state index contributed by atoms with van der Waals surface area (Å²) in [5.41, 5.74) is 3.34. The van der Waals surface area contributed by atoms with Gasteiger partial charge in [-0.15, -0.1) is 0 Å². The van der Waals surface area contributed by atoms with Crippen molar-refractivity contribution in [3.63, 3.8) is 0 Å². The zero-order valence-corrected chi connectivity index (χ0v) is 18.2. The zero-order valence-electron chi connectivity index (χ0n) is 17.4. The summed E-state index contributed by atoms with van der Waals surface area (Å²) < 4.78 is 24.7. The molecule has 2 N–H and O–H groups in total. The monoisotopic (exact) mass is 396 g/mol. The summed E-state index contributed by atoms with van der Waals surface area (Å²) in [5, 5.41) is 4.40. The first kappa shape index (κ1) is 23.1. The Balaban J connectivity index is 2.61. The molecule has 0 aromatic heterocycles. The van der Waals surface area contributed by atoms with Crippen LogP contribution in [0, 0.1) is 20.8 Å². The van der Waals surface area contributed by atoms with Crippen LogP contribution in [-0.2, 0) is 19.4 Å². The van der Waals surface area contributed by atoms with Gasteiger partial charge in [0.05, 0.1) is 5.75 Å². The van der Waals surface area contributed by atoms with Crippen molar-refractivity contribution >= 4 is 27.3 Å². The Morgan fingerprint density at radius 1 is 1.07 bits per heavy atom. The lowest BCUT2D eigenvalue weighted by atomic mass is 10.0. The average Bonchev–Trinajstić information content (AvgIpc) is 2.48. The number of rotatable bonds is 7. The maximum Gasteiger partial charge on any atom is 0.238 e. The van der Waals surface area contributed by atoms with Crippen molar-refractivity contribution in [3.8, 4) is 0 Å². The van der Waals surface area contributed by atoms with E-state index in [9.17, 15) is 18.0 Å². The minimum absolute atomic E-state index is 0.0829. The molecule has 152 valence electrons. The minimum atomic E-state index is -3.61. The smallest absolute Gasteiger partial charge is 0.238 e. The zero-order chi connectivity index (χ0) is 21.0. The van der Waals surface area contributed by atoms with Crippen molar-refractivity contribution in [1.29, 1.82) is 0 Å². The first-order valence-electron chi connectivity index (χ1n) is 9.14. The fourth-order valence-corrected chi connectivity index (χ4v) is 4.11. The molecule has 27 heavy (non-hydrogen) atoms. The molecule has 0 radical (unpaired) electrons. The van der Waals surface area contributed by atoms with Crippen LogP contribution in [0.4, 0.5) is 5.69 Å². The summed E-state index contributed by atoms with van der Waals surface area (Å²) in [7, 11) is -3.61. The van der Waals surface area contributed by atoms with Crippen LogP contribution in [0.25, 0.3) is 0 Å². The molecule has 0 heterocycles. The van der Waals surface area contributed by atoms with Crippen LogP contribution < -0.4 is 10.6 Å². The number of carbonyl (C=O) groups excluding carboxylic acids is 2. The van der Waals surface area contributed by atoms with Gasteiger partial charge in [-0.1, -0.05) is 17.7 Å². The maximum absolute atomic E-state index is 12.4. The van der Waals surface area contributed by atoms with Crippen LogP contribution in [0.15, 0.2) is 12.1 Å². The average molecular weight is 397 g/mol. The molecule has 7 heteroatoms. The lowest BCUT2D eigenvalue weighted by Gasteiger charge is -2.23. The van der Waals surface area contributed by atoms with E-state index in [1.54, 1.807) is 20.8 Å². The molecule has 0 saturated carbocycles. The van der Waals surface area contributed by atoms with Crippen LogP contribution in [0.2, 0.25) is 0 Å². The highest BCUT2D eigenvalue weighted by Gasteiger charge is 2.29. The molecule has 1 unspecified atom stereocenters. The molecular formula is C20H32N2O4S. The SMILES string of the molecule is Cc1cc(C)c(NC(=O)CCCS(=O)(=O)C(C)C(=O)NC(C)(C)C)c(C)c1. The number of carbonyl (C=O) groups is 2. The van der Waals surface area contributed by atoms with Gasteiger partial charge in [-0.3, -0.25) is 9.59 Å². The Bertz CT molecular complexity index is 785. The second-order valence-electron chi connectivity index (χ2n) is 8.17. The molecule has 0 fully saturated rings. The highest BCUT2D eigenvalue weighted by molar-refractivity contribution is 7.92. The van der Waals surface area contributed by atoms with Gasteiger partial charge in [0.2, 0.25) is 11.8 Å². The fraction of sp³-hybridized carbons (Fsp3) is 0.600. The Morgan fingerprint density at radius 3 is 2.07 bits per heavy atom. The number of anilines is 1. The lowest BCUT2D eigenvalue weighted by Crippen LogP contribution is -2.47. The third-order valence-corrected chi connectivity index (χ3v) is 6.33. The van der Waals surface area contributed by atoms with Crippen molar-refractivity contribution in [3.05, 3.63) is 28.8 Å². The summed E-state index contributed by atoms with van der Waals surface area (Å²) in [6.07, 6.45) is 0.255. The molecular weight excluding hydrogens is 364 g/mol. The van der Waals surface area contributed by atoms with Crippen LogP contribution in [-0.4, -0.2) is 36.8 Å². The number of hydrogen-bond acceptors (Lipinski definition) is 4. The van der Waals surface area contributed by atoms with Gasteiger partial charge in [0.25, 0.3) is 0 Å². The van der Waals surface area contributed by atoms with Gasteiger partial charge in [0.15, 0.2) is 9.84 Å². The molecule has 0 saturated heterocycles. The standard InChI is InChI=1S/C20H32N2O4S/c1-13-11-14(2)18(15(3)12-13)21-17(23)9-8-10-27(25,26)16(4)19(24)22-20(5,6)7/h11-12,16H,8-10H2,1-7H3,(H,21,23)(H,22,24). The Labute approximate surface area is 163 Å². The highest BCUT2D eigenvalue weighted by Crippen LogP contribution is 2.22. The molecule has 2 amide bonds. The first-order valence-corrected chi connectivity index (χ1v) is 10.9. The molecule has 0 aliphatic rings. The van der Waals surface area contributed by atoms with Crippen LogP contribution in [0.1, 0.15) is 57.2 Å². The summed E-state index contributed by atoms with van der Waals surface area (Å²) in [6, 6.07) is 3.98. The highest BCUT2D eigenvalue weighted by atomic mass is 32.2. The normalized spacial score (nSPS) is 13.1. The van der Waals surface area contributed by atoms with Crippen LogP contribution in [0.5, 0.6) is 0 Å². The fourth-order valence-electron chi connectivity index (χ4n) is 2.82. The molecule has 1 rings (SSSR count). The van der Waals surface area contributed by atoms with E-state index < -0.39 is 26.5 Å². The number of aryl methyl sites for hydroxylation is 3. The third kappa shape index (κ3) is 7.33. The lowest BCUT2D eigenvalue weighted by molar-refractivity contribution is -0.121. The second-order valence-corrected chi connectivity index (χ2v) is 10.6. The summed E-state index contributed by atoms with van der Waals surface area (Å²) in [5.74, 6) is -0.949. The maximum atomic E-state index is 12.4. The number of benzene rings is 1. The van der Waals surface area contributed by atoms with Gasteiger partial charge in [0.1, 0.15) is 5.25 Å². The molecule has 0 aliphatic heterocycles. The number of amides is 2. The van der Waals surface area contributed by atoms with Crippen LogP contribution >= 0.6 is 0 Å². The van der Waals surface area contributed by atoms with Crippen molar-refractivity contribution < 1.29 is 18.0 Å². The molecule has 0 spiro atoms. The number of sulfone groups is 1. The quantitative estimate of drug-likeness (QED) is 0.741. The van der Waals surface area contributed by atoms with Gasteiger partial charge >= 0.3 is 0 Å². The van der Waals surface area contributed by atoms with E-state index in [-0.39, 0.29) is 24.5 Å². The van der Waals surface area contributed by atoms with Gasteiger partial charge < -0.3 is 10.6 Å². The van der Waals surface area contributed by atoms with E-state index in [0.29, 0.717) is 0 Å². The van der Waals surface area contributed by atoms with E-state index in [4.69, 9.17) is 0 Å². The second kappa shape index (κ2) is 8.87. The van der Waals surface area contributed by atoms with Gasteiger partial charge in [0, 0.05) is 17.6 Å². The van der Waals surface area contributed by atoms with Gasteiger partial charge in [-0.05, 0) is 66.0 Å². The predicted molar refractivity (Wildman–Crippen MR) is 110 cm³/mol. The predicted octanol–water partition coefficient (Wildman–Crippen LogP) is 3.05. The molecule has 0 aliphatic carbocycles. The van der Waals surface area contributed by atoms with E-state index >= 15 is 0 Å². The summed E-state index contributed by atoms with van der Waals surface area (Å²) in [6.45, 7) is 12.6. The van der Waals surface area contributed by atoms with Gasteiger partial charge in [-0.2, -0.15) is 0 Å². The van der Waals surface area contributed by atoms with Crippen molar-refractivity contribution in [2.75, 3.05) is 11.1 Å². The van der Waals surface area contributed by atoms with Crippen LogP contribution in [0.3, 0.4) is 0 Å². The van der Waals surface area contributed by atoms with Gasteiger partial charge in [-0.25, -0.2) is 8.42 Å². The Kier molecular flexibility index (Phi) is 7.60. The Hall–Kier alpha value is -1.89. The van der Waals surface area contributed by atoms with Crippen molar-refractivity contribution in [2.45, 2.75) is 72.1 Å². The third-order valence-electron chi connectivity index (χ3n) is 4.18. The molecule has 1 aromatic carbocycles. The topological polar surface area (TPSA) is 92.3 Å². The van der Waals surface area contributed by atoms with Crippen molar-refractivity contribution in [2.24, 2.45) is 0 Å². The molecule has 1 aromatic rings. The summed E-state index contributed by atoms with van der Waals surface area (Å²) in [4.78, 5) is 24.3.